The quantitative estimate of drug-likeness (QED) is 0.271. The Morgan fingerprint density at radius 3 is 2.36 bits per heavy atom. The highest BCUT2D eigenvalue weighted by atomic mass is 35.5. The van der Waals surface area contributed by atoms with Crippen molar-refractivity contribution in [3.63, 3.8) is 0 Å². The lowest BCUT2D eigenvalue weighted by Crippen LogP contribution is -2.26. The van der Waals surface area contributed by atoms with Crippen LogP contribution < -0.4 is 10.0 Å². The Morgan fingerprint density at radius 2 is 1.67 bits per heavy atom. The van der Waals surface area contributed by atoms with Crippen molar-refractivity contribution in [1.29, 1.82) is 0 Å². The Labute approximate surface area is 217 Å². The fraction of sp³-hybridized carbons (Fsp3) is 0.259. The number of benzene rings is 2. The van der Waals surface area contributed by atoms with Gasteiger partial charge in [-0.15, -0.1) is 0 Å². The van der Waals surface area contributed by atoms with Gasteiger partial charge in [0.05, 0.1) is 10.4 Å². The molecule has 2 aromatic carbocycles. The molecule has 2 N–H and O–H groups in total. The van der Waals surface area contributed by atoms with Crippen molar-refractivity contribution in [1.82, 2.24) is 19.5 Å². The summed E-state index contributed by atoms with van der Waals surface area (Å²) in [4.78, 5) is 4.63. The van der Waals surface area contributed by atoms with E-state index in [0.29, 0.717) is 24.5 Å². The predicted molar refractivity (Wildman–Crippen MR) is 146 cm³/mol. The van der Waals surface area contributed by atoms with E-state index < -0.39 is 10.0 Å². The predicted octanol–water partition coefficient (Wildman–Crippen LogP) is 5.80. The molecule has 0 unspecified atom stereocenters. The van der Waals surface area contributed by atoms with Gasteiger partial charge >= 0.3 is 0 Å². The van der Waals surface area contributed by atoms with Crippen molar-refractivity contribution in [2.24, 2.45) is 0 Å². The minimum Gasteiger partial charge on any atom is -0.370 e. The summed E-state index contributed by atoms with van der Waals surface area (Å²) in [6.45, 7) is 7.23. The van der Waals surface area contributed by atoms with E-state index in [0.717, 1.165) is 28.2 Å². The first-order chi connectivity index (χ1) is 17.1. The van der Waals surface area contributed by atoms with Crippen LogP contribution in [0.4, 0.5) is 5.82 Å². The molecule has 4 rings (SSSR count). The number of pyridine rings is 1. The molecule has 0 radical (unpaired) electrons. The first kappa shape index (κ1) is 25.9. The molecule has 0 atom stereocenters. The fourth-order valence-corrected chi connectivity index (χ4v) is 4.84. The third-order valence-corrected chi connectivity index (χ3v) is 7.32. The third kappa shape index (κ3) is 6.32. The lowest BCUT2D eigenvalue weighted by Gasteiger charge is -2.18. The summed E-state index contributed by atoms with van der Waals surface area (Å²) in [5.74, 6) is 0.718. The van der Waals surface area contributed by atoms with Crippen LogP contribution in [0.15, 0.2) is 84.0 Å². The average Bonchev–Trinajstić information content (AvgIpc) is 3.31. The van der Waals surface area contributed by atoms with E-state index in [-0.39, 0.29) is 10.4 Å². The molecule has 0 aliphatic heterocycles. The summed E-state index contributed by atoms with van der Waals surface area (Å²) >= 11 is 5.84. The molecule has 188 valence electrons. The van der Waals surface area contributed by atoms with Crippen molar-refractivity contribution < 1.29 is 8.42 Å². The normalized spacial score (nSPS) is 12.0. The number of sulfonamides is 1. The second kappa shape index (κ2) is 10.8. The van der Waals surface area contributed by atoms with Crippen LogP contribution in [0.1, 0.15) is 27.2 Å². The van der Waals surface area contributed by atoms with E-state index in [1.165, 1.54) is 12.1 Å². The molecule has 0 aliphatic carbocycles. The summed E-state index contributed by atoms with van der Waals surface area (Å²) in [6, 6.07) is 20.2. The summed E-state index contributed by atoms with van der Waals surface area (Å²) in [7, 11) is -3.57. The van der Waals surface area contributed by atoms with E-state index in [1.54, 1.807) is 18.3 Å². The molecule has 7 nitrogen and oxygen atoms in total. The summed E-state index contributed by atoms with van der Waals surface area (Å²) in [5.41, 5.74) is 3.84. The average molecular weight is 524 g/mol. The Kier molecular flexibility index (Phi) is 7.78. The van der Waals surface area contributed by atoms with Crippen LogP contribution in [0.3, 0.4) is 0 Å². The molecule has 2 heterocycles. The van der Waals surface area contributed by atoms with Gasteiger partial charge in [-0.3, -0.25) is 4.68 Å². The second-order valence-corrected chi connectivity index (χ2v) is 11.6. The molecule has 0 saturated carbocycles. The van der Waals surface area contributed by atoms with Crippen LogP contribution in [0.25, 0.3) is 22.4 Å². The molecule has 0 bridgehead atoms. The van der Waals surface area contributed by atoms with Gasteiger partial charge in [-0.05, 0) is 69.2 Å². The summed E-state index contributed by atoms with van der Waals surface area (Å²) in [6.07, 6.45) is 4.44. The van der Waals surface area contributed by atoms with Gasteiger partial charge in [0, 0.05) is 41.6 Å². The van der Waals surface area contributed by atoms with Crippen molar-refractivity contribution in [2.75, 3.05) is 18.4 Å². The number of aromatic nitrogens is 3. The molecule has 0 aliphatic rings. The molecule has 0 spiro atoms. The zero-order chi connectivity index (χ0) is 25.8. The maximum atomic E-state index is 12.4. The lowest BCUT2D eigenvalue weighted by atomic mass is 10.0. The van der Waals surface area contributed by atoms with Gasteiger partial charge in [0.25, 0.3) is 0 Å². The van der Waals surface area contributed by atoms with Crippen LogP contribution in [-0.2, 0) is 15.6 Å². The zero-order valence-electron chi connectivity index (χ0n) is 20.6. The first-order valence-corrected chi connectivity index (χ1v) is 13.6. The topological polar surface area (TPSA) is 88.9 Å². The molecule has 0 fully saturated rings. The van der Waals surface area contributed by atoms with E-state index in [1.807, 2.05) is 35.0 Å². The first-order valence-electron chi connectivity index (χ1n) is 11.7. The van der Waals surface area contributed by atoms with Gasteiger partial charge in [0.1, 0.15) is 11.5 Å². The Bertz CT molecular complexity index is 1410. The van der Waals surface area contributed by atoms with Crippen LogP contribution in [-0.4, -0.2) is 36.3 Å². The summed E-state index contributed by atoms with van der Waals surface area (Å²) < 4.78 is 29.4. The van der Waals surface area contributed by atoms with Crippen molar-refractivity contribution in [2.45, 2.75) is 37.6 Å². The number of hydrogen-bond donors (Lipinski definition) is 2. The fourth-order valence-electron chi connectivity index (χ4n) is 3.64. The van der Waals surface area contributed by atoms with Gasteiger partial charge in [-0.2, -0.15) is 5.10 Å². The van der Waals surface area contributed by atoms with Crippen LogP contribution in [0, 0.1) is 0 Å². The Hall–Kier alpha value is -3.20. The van der Waals surface area contributed by atoms with Gasteiger partial charge < -0.3 is 5.32 Å². The van der Waals surface area contributed by atoms with Gasteiger partial charge in [0.2, 0.25) is 10.0 Å². The molecule has 4 aromatic rings. The molecule has 36 heavy (non-hydrogen) atoms. The second-order valence-electron chi connectivity index (χ2n) is 9.43. The highest BCUT2D eigenvalue weighted by molar-refractivity contribution is 7.89. The number of hydrogen-bond acceptors (Lipinski definition) is 5. The van der Waals surface area contributed by atoms with Crippen LogP contribution in [0.5, 0.6) is 0 Å². The zero-order valence-corrected chi connectivity index (χ0v) is 22.1. The lowest BCUT2D eigenvalue weighted by molar-refractivity contribution is 0.356. The highest BCUT2D eigenvalue weighted by Gasteiger charge is 2.20. The number of halogens is 1. The van der Waals surface area contributed by atoms with Crippen molar-refractivity contribution in [3.05, 3.63) is 84.1 Å². The van der Waals surface area contributed by atoms with Crippen molar-refractivity contribution in [3.8, 4) is 22.4 Å². The monoisotopic (exact) mass is 523 g/mol. The minimum atomic E-state index is -3.57. The van der Waals surface area contributed by atoms with Gasteiger partial charge in [-0.25, -0.2) is 18.1 Å². The molecule has 0 amide bonds. The smallest absolute Gasteiger partial charge is 0.240 e. The number of rotatable bonds is 9. The van der Waals surface area contributed by atoms with E-state index in [2.05, 4.69) is 54.1 Å². The maximum Gasteiger partial charge on any atom is 0.240 e. The standard InChI is InChI=1S/C27H30ClN5O2S/c1-27(2,3)33-19-24(26(32-33)20-8-5-4-6-9-20)21-14-17-30-25(18-21)29-15-7-16-31-36(34,35)23-12-10-22(28)11-13-23/h4-6,8-14,17-19,31H,7,15-16H2,1-3H3,(H,29,30). The maximum absolute atomic E-state index is 12.4. The Morgan fingerprint density at radius 1 is 0.944 bits per heavy atom. The molecule has 2 aromatic heterocycles. The van der Waals surface area contributed by atoms with Gasteiger partial charge in [0.15, 0.2) is 0 Å². The van der Waals surface area contributed by atoms with Crippen LogP contribution in [0.2, 0.25) is 5.02 Å². The molecule has 9 heteroatoms. The molecular formula is C27H30ClN5O2S. The summed E-state index contributed by atoms with van der Waals surface area (Å²) in [5, 5.41) is 8.69. The Balaban J connectivity index is 1.43. The molecule has 0 saturated heterocycles. The number of nitrogens with one attached hydrogen (secondary N) is 2. The number of anilines is 1. The van der Waals surface area contributed by atoms with E-state index in [9.17, 15) is 8.42 Å². The van der Waals surface area contributed by atoms with Crippen molar-refractivity contribution >= 4 is 27.4 Å². The molecular weight excluding hydrogens is 494 g/mol. The highest BCUT2D eigenvalue weighted by Crippen LogP contribution is 2.33. The van der Waals surface area contributed by atoms with Crippen LogP contribution >= 0.6 is 11.6 Å². The number of nitrogens with zero attached hydrogens (tertiary/aromatic N) is 3. The van der Waals surface area contributed by atoms with E-state index in [4.69, 9.17) is 16.7 Å². The SMILES string of the molecule is CC(C)(C)n1cc(-c2ccnc(NCCCNS(=O)(=O)c3ccc(Cl)cc3)c2)c(-c2ccccc2)n1. The van der Waals surface area contributed by atoms with Gasteiger partial charge in [-0.1, -0.05) is 41.9 Å². The minimum absolute atomic E-state index is 0.158. The van der Waals surface area contributed by atoms with E-state index >= 15 is 0 Å². The largest absolute Gasteiger partial charge is 0.370 e. The third-order valence-electron chi connectivity index (χ3n) is 5.60.